The number of carbonyl (C=O) groups is 2. The summed E-state index contributed by atoms with van der Waals surface area (Å²) >= 11 is 0. The van der Waals surface area contributed by atoms with E-state index in [1.54, 1.807) is 28.9 Å². The third kappa shape index (κ3) is 5.47. The van der Waals surface area contributed by atoms with Gasteiger partial charge in [-0.3, -0.25) is 4.79 Å². The molecule has 0 atom stereocenters. The average Bonchev–Trinajstić information content (AvgIpc) is 3.06. The molecular weight excluding hydrogens is 375 g/mol. The summed E-state index contributed by atoms with van der Waals surface area (Å²) in [5, 5.41) is 6.99. The summed E-state index contributed by atoms with van der Waals surface area (Å²) in [6.45, 7) is 3.78. The van der Waals surface area contributed by atoms with Gasteiger partial charge in [0, 0.05) is 18.4 Å². The predicted molar refractivity (Wildman–Crippen MR) is 104 cm³/mol. The fourth-order valence-corrected chi connectivity index (χ4v) is 2.76. The van der Waals surface area contributed by atoms with Gasteiger partial charge in [-0.2, -0.15) is 5.10 Å². The Hall–Kier alpha value is -3.55. The number of nitrogens with zero attached hydrogens (tertiary/aromatic N) is 3. The molecule has 0 fully saturated rings. The Morgan fingerprint density at radius 1 is 1.14 bits per heavy atom. The molecule has 3 rings (SSSR count). The molecular formula is C21H21FN4O3. The average molecular weight is 396 g/mol. The molecule has 3 aromatic rings. The van der Waals surface area contributed by atoms with Crippen LogP contribution in [-0.2, 0) is 16.0 Å². The second kappa shape index (κ2) is 9.09. The fourth-order valence-electron chi connectivity index (χ4n) is 2.76. The van der Waals surface area contributed by atoms with Crippen LogP contribution in [0, 0.1) is 19.7 Å². The molecule has 0 bridgehead atoms. The summed E-state index contributed by atoms with van der Waals surface area (Å²) in [6.07, 6.45) is 1.94. The van der Waals surface area contributed by atoms with Gasteiger partial charge in [-0.05, 0) is 56.2 Å². The van der Waals surface area contributed by atoms with Crippen LogP contribution in [0.4, 0.5) is 4.39 Å². The molecule has 150 valence electrons. The van der Waals surface area contributed by atoms with E-state index in [0.717, 1.165) is 17.0 Å². The highest BCUT2D eigenvalue weighted by Crippen LogP contribution is 2.11. The lowest BCUT2D eigenvalue weighted by molar-refractivity contribution is -0.124. The molecule has 0 saturated carbocycles. The topological polar surface area (TPSA) is 86.1 Å². The van der Waals surface area contributed by atoms with E-state index in [2.05, 4.69) is 15.4 Å². The Morgan fingerprint density at radius 2 is 1.90 bits per heavy atom. The summed E-state index contributed by atoms with van der Waals surface area (Å²) in [4.78, 5) is 28.2. The molecule has 0 aliphatic rings. The summed E-state index contributed by atoms with van der Waals surface area (Å²) in [7, 11) is 0. The normalized spacial score (nSPS) is 10.6. The van der Waals surface area contributed by atoms with Crippen molar-refractivity contribution < 1.29 is 18.7 Å². The van der Waals surface area contributed by atoms with Gasteiger partial charge in [0.25, 0.3) is 5.91 Å². The number of carbonyl (C=O) groups excluding carboxylic acids is 2. The van der Waals surface area contributed by atoms with Gasteiger partial charge in [-0.1, -0.05) is 12.1 Å². The van der Waals surface area contributed by atoms with E-state index in [1.807, 2.05) is 19.9 Å². The van der Waals surface area contributed by atoms with Gasteiger partial charge in [0.1, 0.15) is 5.82 Å². The van der Waals surface area contributed by atoms with Gasteiger partial charge in [0.15, 0.2) is 12.4 Å². The van der Waals surface area contributed by atoms with Crippen LogP contribution in [0.5, 0.6) is 0 Å². The van der Waals surface area contributed by atoms with Gasteiger partial charge >= 0.3 is 5.97 Å². The molecule has 0 saturated heterocycles. The number of hydrogen-bond acceptors (Lipinski definition) is 5. The molecule has 1 aromatic carbocycles. The number of benzene rings is 1. The van der Waals surface area contributed by atoms with Gasteiger partial charge in [-0.15, -0.1) is 0 Å². The molecule has 1 N–H and O–H groups in total. The lowest BCUT2D eigenvalue weighted by atomic mass is 10.1. The fraction of sp³-hybridized carbons (Fsp3) is 0.238. The number of hydrogen-bond donors (Lipinski definition) is 1. The Balaban J connectivity index is 1.45. The van der Waals surface area contributed by atoms with Crippen molar-refractivity contribution in [1.29, 1.82) is 0 Å². The zero-order chi connectivity index (χ0) is 20.8. The van der Waals surface area contributed by atoms with Gasteiger partial charge in [-0.25, -0.2) is 18.9 Å². The monoisotopic (exact) mass is 396 g/mol. The quantitative estimate of drug-likeness (QED) is 0.621. The molecule has 8 heteroatoms. The summed E-state index contributed by atoms with van der Waals surface area (Å²) in [5.41, 5.74) is 2.95. The van der Waals surface area contributed by atoms with Crippen LogP contribution in [0.1, 0.15) is 27.3 Å². The number of pyridine rings is 1. The Kier molecular flexibility index (Phi) is 6.33. The molecule has 2 heterocycles. The SMILES string of the molecule is Cc1cc(C)n(-c2ccc(C(=O)OCC(=O)NCCc3ccc(F)cc3)cn2)n1. The number of rotatable bonds is 7. The van der Waals surface area contributed by atoms with E-state index in [4.69, 9.17) is 4.74 Å². The van der Waals surface area contributed by atoms with Crippen molar-refractivity contribution in [2.75, 3.05) is 13.2 Å². The third-order valence-corrected chi connectivity index (χ3v) is 4.19. The minimum atomic E-state index is -0.633. The first kappa shape index (κ1) is 20.2. The van der Waals surface area contributed by atoms with Crippen molar-refractivity contribution in [3.05, 3.63) is 77.0 Å². The van der Waals surface area contributed by atoms with E-state index in [-0.39, 0.29) is 18.0 Å². The minimum absolute atomic E-state index is 0.245. The minimum Gasteiger partial charge on any atom is -0.452 e. The Bertz CT molecular complexity index is 998. The number of nitrogens with one attached hydrogen (secondary N) is 1. The first-order valence-electron chi connectivity index (χ1n) is 9.10. The summed E-state index contributed by atoms with van der Waals surface area (Å²) in [5.74, 6) is -0.758. The molecule has 0 aliphatic heterocycles. The second-order valence-corrected chi connectivity index (χ2v) is 6.55. The standard InChI is InChI=1S/C21H21FN4O3/c1-14-11-15(2)26(25-14)19-8-5-17(12-24-19)21(28)29-13-20(27)23-10-9-16-3-6-18(22)7-4-16/h3-8,11-12H,9-10,13H2,1-2H3,(H,23,27). The molecule has 0 radical (unpaired) electrons. The maximum atomic E-state index is 12.9. The molecule has 0 aliphatic carbocycles. The molecule has 7 nitrogen and oxygen atoms in total. The van der Waals surface area contributed by atoms with Crippen LogP contribution < -0.4 is 5.32 Å². The van der Waals surface area contributed by atoms with Crippen LogP contribution >= 0.6 is 0 Å². The van der Waals surface area contributed by atoms with Crippen molar-refractivity contribution in [1.82, 2.24) is 20.1 Å². The van der Waals surface area contributed by atoms with Crippen LogP contribution in [-0.4, -0.2) is 39.8 Å². The van der Waals surface area contributed by atoms with Crippen LogP contribution in [0.15, 0.2) is 48.7 Å². The Labute approximate surface area is 167 Å². The van der Waals surface area contributed by atoms with E-state index >= 15 is 0 Å². The van der Waals surface area contributed by atoms with Crippen molar-refractivity contribution in [2.24, 2.45) is 0 Å². The lowest BCUT2D eigenvalue weighted by Gasteiger charge is -2.07. The second-order valence-electron chi connectivity index (χ2n) is 6.55. The number of amides is 1. The third-order valence-electron chi connectivity index (χ3n) is 4.19. The van der Waals surface area contributed by atoms with E-state index in [9.17, 15) is 14.0 Å². The Morgan fingerprint density at radius 3 is 2.52 bits per heavy atom. The van der Waals surface area contributed by atoms with Crippen molar-refractivity contribution >= 4 is 11.9 Å². The number of aromatic nitrogens is 3. The maximum absolute atomic E-state index is 12.9. The summed E-state index contributed by atoms with van der Waals surface area (Å²) in [6, 6.07) is 11.2. The highest BCUT2D eigenvalue weighted by molar-refractivity contribution is 5.91. The van der Waals surface area contributed by atoms with Gasteiger partial charge < -0.3 is 10.1 Å². The zero-order valence-electron chi connectivity index (χ0n) is 16.2. The van der Waals surface area contributed by atoms with Crippen molar-refractivity contribution in [2.45, 2.75) is 20.3 Å². The first-order chi connectivity index (χ1) is 13.9. The van der Waals surface area contributed by atoms with Crippen LogP contribution in [0.25, 0.3) is 5.82 Å². The largest absolute Gasteiger partial charge is 0.452 e. The zero-order valence-corrected chi connectivity index (χ0v) is 16.2. The highest BCUT2D eigenvalue weighted by Gasteiger charge is 2.12. The van der Waals surface area contributed by atoms with E-state index < -0.39 is 11.9 Å². The molecule has 0 unspecified atom stereocenters. The molecule has 2 aromatic heterocycles. The number of ether oxygens (including phenoxy) is 1. The van der Waals surface area contributed by atoms with Crippen molar-refractivity contribution in [3.63, 3.8) is 0 Å². The van der Waals surface area contributed by atoms with Crippen LogP contribution in [0.3, 0.4) is 0 Å². The number of aryl methyl sites for hydroxylation is 2. The lowest BCUT2D eigenvalue weighted by Crippen LogP contribution is -2.30. The predicted octanol–water partition coefficient (Wildman–Crippen LogP) is 2.54. The van der Waals surface area contributed by atoms with Gasteiger partial charge in [0.05, 0.1) is 11.3 Å². The molecule has 0 spiro atoms. The number of esters is 1. The van der Waals surface area contributed by atoms with Gasteiger partial charge in [0.2, 0.25) is 0 Å². The smallest absolute Gasteiger partial charge is 0.340 e. The van der Waals surface area contributed by atoms with Crippen molar-refractivity contribution in [3.8, 4) is 5.82 Å². The maximum Gasteiger partial charge on any atom is 0.340 e. The molecule has 1 amide bonds. The molecule has 29 heavy (non-hydrogen) atoms. The van der Waals surface area contributed by atoms with Crippen LogP contribution in [0.2, 0.25) is 0 Å². The van der Waals surface area contributed by atoms with E-state index in [1.165, 1.54) is 18.3 Å². The highest BCUT2D eigenvalue weighted by atomic mass is 19.1. The van der Waals surface area contributed by atoms with E-state index in [0.29, 0.717) is 18.8 Å². The first-order valence-corrected chi connectivity index (χ1v) is 9.10. The number of halogens is 1. The summed E-state index contributed by atoms with van der Waals surface area (Å²) < 4.78 is 19.6.